The van der Waals surface area contributed by atoms with E-state index < -0.39 is 10.0 Å². The number of amides is 1. The Balaban J connectivity index is 0.00000324. The molecule has 1 atom stereocenters. The van der Waals surface area contributed by atoms with E-state index in [1.165, 1.54) is 0 Å². The maximum Gasteiger partial charge on any atom is 0.229 e. The van der Waals surface area contributed by atoms with Crippen LogP contribution in [0.2, 0.25) is 0 Å². The fraction of sp³-hybridized carbons (Fsp3) is 0.364. The molecular formula is C11H18ClN3O3S. The normalized spacial score (nSPS) is 12.2. The van der Waals surface area contributed by atoms with Gasteiger partial charge in [0, 0.05) is 23.8 Å². The number of sulfonamides is 1. The van der Waals surface area contributed by atoms with Gasteiger partial charge in [0.05, 0.1) is 6.26 Å². The Hall–Kier alpha value is -1.31. The molecule has 1 amide bonds. The first-order valence-corrected chi connectivity index (χ1v) is 7.29. The van der Waals surface area contributed by atoms with Crippen LogP contribution in [-0.2, 0) is 14.8 Å². The quantitative estimate of drug-likeness (QED) is 0.759. The molecule has 1 aromatic rings. The number of benzene rings is 1. The lowest BCUT2D eigenvalue weighted by atomic mass is 10.2. The molecule has 108 valence electrons. The maximum atomic E-state index is 11.4. The average Bonchev–Trinajstić information content (AvgIpc) is 2.17. The summed E-state index contributed by atoms with van der Waals surface area (Å²) in [5.74, 6) is -0.172. The van der Waals surface area contributed by atoms with E-state index in [1.807, 2.05) is 0 Å². The summed E-state index contributed by atoms with van der Waals surface area (Å²) in [6.07, 6.45) is 1.31. The molecule has 1 unspecified atom stereocenters. The molecule has 0 saturated heterocycles. The van der Waals surface area contributed by atoms with Crippen molar-refractivity contribution in [1.82, 2.24) is 0 Å². The third-order valence-electron chi connectivity index (χ3n) is 1.98. The van der Waals surface area contributed by atoms with Crippen LogP contribution in [0, 0.1) is 0 Å². The molecular weight excluding hydrogens is 290 g/mol. The summed E-state index contributed by atoms with van der Waals surface area (Å²) in [6, 6.07) is 6.18. The van der Waals surface area contributed by atoms with Crippen molar-refractivity contribution in [1.29, 1.82) is 0 Å². The number of carbonyl (C=O) groups excluding carboxylic acids is 1. The van der Waals surface area contributed by atoms with Gasteiger partial charge < -0.3 is 11.1 Å². The van der Waals surface area contributed by atoms with E-state index in [0.717, 1.165) is 6.26 Å². The lowest BCUT2D eigenvalue weighted by Gasteiger charge is -2.08. The standard InChI is InChI=1S/C11H17N3O3S.ClH/c1-8(12)7-11(15)13-9-3-5-10(6-4-9)14-18(2,16)17;/h3-6,8,14H,7,12H2,1-2H3,(H,13,15);1H. The zero-order chi connectivity index (χ0) is 13.8. The number of hydrogen-bond acceptors (Lipinski definition) is 4. The van der Waals surface area contributed by atoms with Crippen molar-refractivity contribution in [2.24, 2.45) is 5.73 Å². The summed E-state index contributed by atoms with van der Waals surface area (Å²) < 4.78 is 24.3. The van der Waals surface area contributed by atoms with E-state index in [4.69, 9.17) is 5.73 Å². The summed E-state index contributed by atoms with van der Waals surface area (Å²) in [6.45, 7) is 1.75. The predicted molar refractivity (Wildman–Crippen MR) is 79.1 cm³/mol. The first-order chi connectivity index (χ1) is 8.26. The molecule has 0 spiro atoms. The van der Waals surface area contributed by atoms with Crippen molar-refractivity contribution in [3.8, 4) is 0 Å². The van der Waals surface area contributed by atoms with Crippen molar-refractivity contribution in [2.45, 2.75) is 19.4 Å². The number of halogens is 1. The zero-order valence-corrected chi connectivity index (χ0v) is 12.3. The molecule has 1 rings (SSSR count). The van der Waals surface area contributed by atoms with Crippen LogP contribution in [0.3, 0.4) is 0 Å². The van der Waals surface area contributed by atoms with Gasteiger partial charge in [0.25, 0.3) is 0 Å². The highest BCUT2D eigenvalue weighted by atomic mass is 35.5. The molecule has 0 saturated carbocycles. The Morgan fingerprint density at radius 2 is 1.74 bits per heavy atom. The van der Waals surface area contributed by atoms with Crippen LogP contribution in [0.1, 0.15) is 13.3 Å². The second kappa shape index (κ2) is 7.32. The topological polar surface area (TPSA) is 101 Å². The van der Waals surface area contributed by atoms with Crippen LogP contribution in [0.4, 0.5) is 11.4 Å². The fourth-order valence-corrected chi connectivity index (χ4v) is 1.90. The van der Waals surface area contributed by atoms with Crippen LogP contribution in [0.25, 0.3) is 0 Å². The lowest BCUT2D eigenvalue weighted by molar-refractivity contribution is -0.116. The van der Waals surface area contributed by atoms with E-state index in [0.29, 0.717) is 11.4 Å². The molecule has 6 nitrogen and oxygen atoms in total. The largest absolute Gasteiger partial charge is 0.327 e. The number of hydrogen-bond donors (Lipinski definition) is 3. The lowest BCUT2D eigenvalue weighted by Crippen LogP contribution is -2.23. The third kappa shape index (κ3) is 7.66. The van der Waals surface area contributed by atoms with Crippen molar-refractivity contribution in [3.05, 3.63) is 24.3 Å². The van der Waals surface area contributed by atoms with E-state index in [9.17, 15) is 13.2 Å². The molecule has 0 radical (unpaired) electrons. The van der Waals surface area contributed by atoms with Gasteiger partial charge >= 0.3 is 0 Å². The summed E-state index contributed by atoms with van der Waals surface area (Å²) in [7, 11) is -3.28. The summed E-state index contributed by atoms with van der Waals surface area (Å²) >= 11 is 0. The van der Waals surface area contributed by atoms with Crippen molar-refractivity contribution >= 4 is 39.7 Å². The number of nitrogens with one attached hydrogen (secondary N) is 2. The average molecular weight is 308 g/mol. The van der Waals surface area contributed by atoms with Crippen LogP contribution in [-0.4, -0.2) is 26.6 Å². The molecule has 0 aliphatic rings. The highest BCUT2D eigenvalue weighted by Crippen LogP contribution is 2.14. The van der Waals surface area contributed by atoms with Gasteiger partial charge in [-0.1, -0.05) is 0 Å². The van der Waals surface area contributed by atoms with Gasteiger partial charge in [0.1, 0.15) is 0 Å². The fourth-order valence-electron chi connectivity index (χ4n) is 1.34. The van der Waals surface area contributed by atoms with Crippen molar-refractivity contribution in [3.63, 3.8) is 0 Å². The smallest absolute Gasteiger partial charge is 0.229 e. The molecule has 0 aliphatic carbocycles. The second-order valence-corrected chi connectivity index (χ2v) is 5.93. The van der Waals surface area contributed by atoms with Gasteiger partial charge in [-0.2, -0.15) is 0 Å². The second-order valence-electron chi connectivity index (χ2n) is 4.18. The van der Waals surface area contributed by atoms with Gasteiger partial charge in [0.15, 0.2) is 0 Å². The molecule has 19 heavy (non-hydrogen) atoms. The number of rotatable bonds is 5. The third-order valence-corrected chi connectivity index (χ3v) is 2.59. The maximum absolute atomic E-state index is 11.4. The molecule has 0 fully saturated rings. The molecule has 8 heteroatoms. The minimum Gasteiger partial charge on any atom is -0.327 e. The zero-order valence-electron chi connectivity index (χ0n) is 10.7. The van der Waals surface area contributed by atoms with E-state index in [-0.39, 0.29) is 30.8 Å². The van der Waals surface area contributed by atoms with Gasteiger partial charge in [-0.05, 0) is 31.2 Å². The molecule has 4 N–H and O–H groups in total. The minimum absolute atomic E-state index is 0. The first-order valence-electron chi connectivity index (χ1n) is 5.39. The van der Waals surface area contributed by atoms with Gasteiger partial charge in [-0.3, -0.25) is 9.52 Å². The van der Waals surface area contributed by atoms with Crippen LogP contribution < -0.4 is 15.8 Å². The Morgan fingerprint density at radius 1 is 1.26 bits per heavy atom. The van der Waals surface area contributed by atoms with E-state index in [1.54, 1.807) is 31.2 Å². The van der Waals surface area contributed by atoms with Crippen LogP contribution in [0.5, 0.6) is 0 Å². The Morgan fingerprint density at radius 3 is 2.16 bits per heavy atom. The van der Waals surface area contributed by atoms with Crippen LogP contribution in [0.15, 0.2) is 24.3 Å². The molecule has 0 bridgehead atoms. The van der Waals surface area contributed by atoms with E-state index >= 15 is 0 Å². The van der Waals surface area contributed by atoms with Gasteiger partial charge in [-0.15, -0.1) is 12.4 Å². The molecule has 0 aromatic heterocycles. The van der Waals surface area contributed by atoms with Gasteiger partial charge in [-0.25, -0.2) is 8.42 Å². The summed E-state index contributed by atoms with van der Waals surface area (Å²) in [5.41, 5.74) is 6.55. The summed E-state index contributed by atoms with van der Waals surface area (Å²) in [5, 5.41) is 2.67. The SMILES string of the molecule is CC(N)CC(=O)Nc1ccc(NS(C)(=O)=O)cc1.Cl. The minimum atomic E-state index is -3.28. The number of carbonyl (C=O) groups is 1. The first kappa shape index (κ1) is 17.7. The van der Waals surface area contributed by atoms with Crippen molar-refractivity contribution < 1.29 is 13.2 Å². The highest BCUT2D eigenvalue weighted by Gasteiger charge is 2.06. The van der Waals surface area contributed by atoms with E-state index in [2.05, 4.69) is 10.0 Å². The number of anilines is 2. The molecule has 0 aliphatic heterocycles. The Kier molecular flexibility index (Phi) is 6.82. The highest BCUT2D eigenvalue weighted by molar-refractivity contribution is 7.92. The predicted octanol–water partition coefficient (Wildman–Crippen LogP) is 1.16. The monoisotopic (exact) mass is 307 g/mol. The molecule has 0 heterocycles. The van der Waals surface area contributed by atoms with Gasteiger partial charge in [0.2, 0.25) is 15.9 Å². The number of nitrogens with two attached hydrogens (primary N) is 1. The molecule has 1 aromatic carbocycles. The van der Waals surface area contributed by atoms with Crippen LogP contribution >= 0.6 is 12.4 Å². The van der Waals surface area contributed by atoms with Crippen molar-refractivity contribution in [2.75, 3.05) is 16.3 Å². The summed E-state index contributed by atoms with van der Waals surface area (Å²) in [4.78, 5) is 11.4. The Labute approximate surface area is 119 Å². The Bertz CT molecular complexity index is 514.